The summed E-state index contributed by atoms with van der Waals surface area (Å²) in [6, 6.07) is 5.66. The highest BCUT2D eigenvalue weighted by Gasteiger charge is 2.24. The Morgan fingerprint density at radius 2 is 2.14 bits per heavy atom. The molecule has 0 aliphatic heterocycles. The Kier molecular flexibility index (Phi) is 3.18. The molecular formula is C10H13F2NO. The molecule has 1 aromatic rings. The molecule has 0 saturated carbocycles. The number of alkyl halides is 2. The summed E-state index contributed by atoms with van der Waals surface area (Å²) in [5.74, 6) is -2.88. The topological polar surface area (TPSA) is 46.2 Å². The van der Waals surface area contributed by atoms with Crippen LogP contribution in [0.5, 0.6) is 0 Å². The van der Waals surface area contributed by atoms with Gasteiger partial charge >= 0.3 is 0 Å². The van der Waals surface area contributed by atoms with Gasteiger partial charge in [-0.1, -0.05) is 18.2 Å². The first-order valence-corrected chi connectivity index (χ1v) is 4.31. The van der Waals surface area contributed by atoms with E-state index in [1.54, 1.807) is 6.07 Å². The van der Waals surface area contributed by atoms with Crippen LogP contribution in [0.25, 0.3) is 0 Å². The molecule has 1 aromatic carbocycles. The fourth-order valence-electron chi connectivity index (χ4n) is 1.16. The van der Waals surface area contributed by atoms with Crippen LogP contribution in [0.4, 0.5) is 8.78 Å². The second kappa shape index (κ2) is 4.02. The second-order valence-electron chi connectivity index (χ2n) is 3.27. The van der Waals surface area contributed by atoms with Crippen molar-refractivity contribution in [2.24, 2.45) is 5.73 Å². The molecule has 14 heavy (non-hydrogen) atoms. The molecule has 0 aliphatic carbocycles. The van der Waals surface area contributed by atoms with Crippen LogP contribution in [0.1, 0.15) is 24.2 Å². The lowest BCUT2D eigenvalue weighted by Crippen LogP contribution is -2.13. The minimum atomic E-state index is -2.88. The average Bonchev–Trinajstić information content (AvgIpc) is 2.15. The van der Waals surface area contributed by atoms with Crippen LogP contribution in [0.2, 0.25) is 0 Å². The summed E-state index contributed by atoms with van der Waals surface area (Å²) in [6.45, 7) is 0.847. The Morgan fingerprint density at radius 1 is 1.50 bits per heavy atom. The van der Waals surface area contributed by atoms with Crippen molar-refractivity contribution in [1.29, 1.82) is 0 Å². The number of halogens is 2. The summed E-state index contributed by atoms with van der Waals surface area (Å²) in [4.78, 5) is 0. The number of benzene rings is 1. The van der Waals surface area contributed by atoms with Crippen molar-refractivity contribution in [1.82, 2.24) is 0 Å². The van der Waals surface area contributed by atoms with Crippen molar-refractivity contribution in [3.8, 4) is 0 Å². The number of hydrogen-bond acceptors (Lipinski definition) is 2. The standard InChI is InChI=1S/C10H13F2NO/c1-10(11,12)8-4-2-3-7(5-8)9(14)6-13/h2-5,9,14H,6,13H2,1H3. The lowest BCUT2D eigenvalue weighted by molar-refractivity contribution is 0.0172. The maximum absolute atomic E-state index is 12.9. The SMILES string of the molecule is CC(F)(F)c1cccc(C(O)CN)c1. The Morgan fingerprint density at radius 3 is 2.64 bits per heavy atom. The average molecular weight is 201 g/mol. The van der Waals surface area contributed by atoms with Gasteiger partial charge in [0.15, 0.2) is 0 Å². The van der Waals surface area contributed by atoms with Crippen LogP contribution in [0, 0.1) is 0 Å². The molecule has 0 bridgehead atoms. The monoisotopic (exact) mass is 201 g/mol. The summed E-state index contributed by atoms with van der Waals surface area (Å²) in [5, 5.41) is 9.35. The third-order valence-electron chi connectivity index (χ3n) is 2.00. The predicted octanol–water partition coefficient (Wildman–Crippen LogP) is 1.79. The first-order valence-electron chi connectivity index (χ1n) is 4.31. The van der Waals surface area contributed by atoms with Crippen molar-refractivity contribution in [2.45, 2.75) is 19.0 Å². The lowest BCUT2D eigenvalue weighted by Gasteiger charge is -2.14. The van der Waals surface area contributed by atoms with Crippen molar-refractivity contribution in [3.63, 3.8) is 0 Å². The molecule has 0 saturated heterocycles. The molecule has 1 rings (SSSR count). The van der Waals surface area contributed by atoms with Crippen LogP contribution < -0.4 is 5.73 Å². The summed E-state index contributed by atoms with van der Waals surface area (Å²) in [5.41, 5.74) is 5.54. The minimum Gasteiger partial charge on any atom is -0.387 e. The first-order chi connectivity index (χ1) is 6.45. The quantitative estimate of drug-likeness (QED) is 0.783. The van der Waals surface area contributed by atoms with Gasteiger partial charge in [0.1, 0.15) is 0 Å². The lowest BCUT2D eigenvalue weighted by atomic mass is 10.0. The molecule has 1 atom stereocenters. The molecule has 4 heteroatoms. The summed E-state index contributed by atoms with van der Waals surface area (Å²) in [6.07, 6.45) is -0.878. The Balaban J connectivity index is 3.01. The molecule has 0 radical (unpaired) electrons. The van der Waals surface area contributed by atoms with E-state index in [4.69, 9.17) is 5.73 Å². The van der Waals surface area contributed by atoms with Crippen LogP contribution in [-0.4, -0.2) is 11.7 Å². The van der Waals surface area contributed by atoms with Crippen LogP contribution in [0.15, 0.2) is 24.3 Å². The van der Waals surface area contributed by atoms with Gasteiger partial charge in [-0.2, -0.15) is 0 Å². The maximum Gasteiger partial charge on any atom is 0.270 e. The molecule has 3 N–H and O–H groups in total. The van der Waals surface area contributed by atoms with E-state index in [2.05, 4.69) is 0 Å². The van der Waals surface area contributed by atoms with Gasteiger partial charge in [0, 0.05) is 19.0 Å². The molecule has 0 spiro atoms. The van der Waals surface area contributed by atoms with Gasteiger partial charge in [0.05, 0.1) is 6.10 Å². The molecule has 0 aromatic heterocycles. The zero-order chi connectivity index (χ0) is 10.8. The van der Waals surface area contributed by atoms with Crippen LogP contribution in [-0.2, 0) is 5.92 Å². The molecule has 0 amide bonds. The van der Waals surface area contributed by atoms with Gasteiger partial charge in [-0.25, -0.2) is 8.78 Å². The molecule has 0 heterocycles. The highest BCUT2D eigenvalue weighted by Crippen LogP contribution is 2.28. The van der Waals surface area contributed by atoms with Crippen molar-refractivity contribution < 1.29 is 13.9 Å². The smallest absolute Gasteiger partial charge is 0.270 e. The largest absolute Gasteiger partial charge is 0.387 e. The van der Waals surface area contributed by atoms with E-state index in [1.807, 2.05) is 0 Å². The van der Waals surface area contributed by atoms with E-state index in [0.717, 1.165) is 6.92 Å². The van der Waals surface area contributed by atoms with Gasteiger partial charge in [0.25, 0.3) is 5.92 Å². The predicted molar refractivity (Wildman–Crippen MR) is 50.0 cm³/mol. The molecule has 0 fully saturated rings. The highest BCUT2D eigenvalue weighted by atomic mass is 19.3. The number of aliphatic hydroxyl groups excluding tert-OH is 1. The minimum absolute atomic E-state index is 0.0265. The second-order valence-corrected chi connectivity index (χ2v) is 3.27. The van der Waals surface area contributed by atoms with E-state index in [0.29, 0.717) is 5.56 Å². The fraction of sp³-hybridized carbons (Fsp3) is 0.400. The normalized spacial score (nSPS) is 14.1. The Labute approximate surface area is 81.4 Å². The number of hydrogen-bond donors (Lipinski definition) is 2. The van der Waals surface area contributed by atoms with Gasteiger partial charge in [-0.15, -0.1) is 0 Å². The van der Waals surface area contributed by atoms with Crippen molar-refractivity contribution in [3.05, 3.63) is 35.4 Å². The van der Waals surface area contributed by atoms with Gasteiger partial charge in [-0.05, 0) is 11.6 Å². The van der Waals surface area contributed by atoms with E-state index in [-0.39, 0.29) is 12.1 Å². The van der Waals surface area contributed by atoms with Crippen molar-refractivity contribution >= 4 is 0 Å². The van der Waals surface area contributed by atoms with Crippen molar-refractivity contribution in [2.75, 3.05) is 6.54 Å². The van der Waals surface area contributed by atoms with Crippen LogP contribution in [0.3, 0.4) is 0 Å². The van der Waals surface area contributed by atoms with Gasteiger partial charge < -0.3 is 10.8 Å². The molecule has 78 valence electrons. The molecule has 0 aliphatic rings. The molecule has 1 unspecified atom stereocenters. The highest BCUT2D eigenvalue weighted by molar-refractivity contribution is 5.28. The number of nitrogens with two attached hydrogens (primary N) is 1. The maximum atomic E-state index is 12.9. The third-order valence-corrected chi connectivity index (χ3v) is 2.00. The van der Waals surface area contributed by atoms with E-state index < -0.39 is 12.0 Å². The fourth-order valence-corrected chi connectivity index (χ4v) is 1.16. The Hall–Kier alpha value is -1.00. The molecule has 2 nitrogen and oxygen atoms in total. The third kappa shape index (κ3) is 2.49. The number of aliphatic hydroxyl groups is 1. The van der Waals surface area contributed by atoms with E-state index in [1.165, 1.54) is 18.2 Å². The summed E-state index contributed by atoms with van der Waals surface area (Å²) in [7, 11) is 0. The zero-order valence-electron chi connectivity index (χ0n) is 7.87. The van der Waals surface area contributed by atoms with Gasteiger partial charge in [-0.3, -0.25) is 0 Å². The van der Waals surface area contributed by atoms with Gasteiger partial charge in [0.2, 0.25) is 0 Å². The Bertz CT molecular complexity index is 309. The zero-order valence-corrected chi connectivity index (χ0v) is 7.87. The first kappa shape index (κ1) is 11.1. The van der Waals surface area contributed by atoms with E-state index in [9.17, 15) is 13.9 Å². The van der Waals surface area contributed by atoms with Crippen LogP contribution >= 0.6 is 0 Å². The summed E-state index contributed by atoms with van der Waals surface area (Å²) < 4.78 is 25.8. The molecular weight excluding hydrogens is 188 g/mol. The van der Waals surface area contributed by atoms with E-state index >= 15 is 0 Å². The summed E-state index contributed by atoms with van der Waals surface area (Å²) >= 11 is 0. The number of rotatable bonds is 3.